The molecule has 53 heavy (non-hydrogen) atoms. The summed E-state index contributed by atoms with van der Waals surface area (Å²) in [4.78, 5) is 30.5. The van der Waals surface area contributed by atoms with Gasteiger partial charge in [0, 0.05) is 19.0 Å². The molecule has 1 atom stereocenters. The molecule has 6 rings (SSSR count). The van der Waals surface area contributed by atoms with E-state index in [4.69, 9.17) is 4.74 Å². The first-order valence-electron chi connectivity index (χ1n) is 18.0. The first kappa shape index (κ1) is 37.3. The van der Waals surface area contributed by atoms with E-state index in [0.29, 0.717) is 17.1 Å². The number of nitrogens with zero attached hydrogens (tertiary/aromatic N) is 2. The van der Waals surface area contributed by atoms with Crippen molar-refractivity contribution in [3.63, 3.8) is 0 Å². The number of carbonyl (C=O) groups is 2. The lowest BCUT2D eigenvalue weighted by Crippen LogP contribution is -2.55. The highest BCUT2D eigenvalue weighted by Crippen LogP contribution is 2.29. The van der Waals surface area contributed by atoms with Gasteiger partial charge in [-0.1, -0.05) is 97.6 Å². The molecule has 1 saturated carbocycles. The van der Waals surface area contributed by atoms with Gasteiger partial charge >= 0.3 is 0 Å². The van der Waals surface area contributed by atoms with Crippen LogP contribution in [-0.4, -0.2) is 43.8 Å². The van der Waals surface area contributed by atoms with Crippen molar-refractivity contribution >= 4 is 27.5 Å². The van der Waals surface area contributed by atoms with Gasteiger partial charge in [0.25, 0.3) is 10.0 Å². The molecule has 5 aromatic carbocycles. The molecular weight excluding hydrogens is 690 g/mol. The van der Waals surface area contributed by atoms with Gasteiger partial charge in [-0.2, -0.15) is 0 Å². The minimum Gasteiger partial charge on any atom is -0.457 e. The fourth-order valence-electron chi connectivity index (χ4n) is 6.56. The highest BCUT2D eigenvalue weighted by molar-refractivity contribution is 7.92. The summed E-state index contributed by atoms with van der Waals surface area (Å²) < 4.78 is 49.9. The van der Waals surface area contributed by atoms with Crippen LogP contribution >= 0.6 is 0 Å². The van der Waals surface area contributed by atoms with Crippen molar-refractivity contribution in [2.24, 2.45) is 0 Å². The molecule has 1 N–H and O–H groups in total. The lowest BCUT2D eigenvalue weighted by molar-refractivity contribution is -0.140. The molecule has 8 nitrogen and oxygen atoms in total. The lowest BCUT2D eigenvalue weighted by Gasteiger charge is -2.35. The summed E-state index contributed by atoms with van der Waals surface area (Å²) in [6.07, 6.45) is 5.02. The van der Waals surface area contributed by atoms with Gasteiger partial charge in [0.15, 0.2) is 0 Å². The third-order valence-electron chi connectivity index (χ3n) is 9.48. The van der Waals surface area contributed by atoms with Crippen LogP contribution in [0.15, 0.2) is 138 Å². The Morgan fingerprint density at radius 2 is 1.36 bits per heavy atom. The molecule has 1 fully saturated rings. The molecule has 0 heterocycles. The molecule has 5 aromatic rings. The van der Waals surface area contributed by atoms with E-state index in [1.807, 2.05) is 67.6 Å². The van der Waals surface area contributed by atoms with Gasteiger partial charge in [-0.15, -0.1) is 0 Å². The zero-order valence-corrected chi connectivity index (χ0v) is 30.6. The summed E-state index contributed by atoms with van der Waals surface area (Å²) in [6, 6.07) is 36.3. The number of anilines is 1. The normalized spacial score (nSPS) is 13.8. The van der Waals surface area contributed by atoms with Crippen molar-refractivity contribution in [3.05, 3.63) is 156 Å². The molecule has 1 aliphatic carbocycles. The molecule has 0 saturated heterocycles. The molecule has 2 amide bonds. The third-order valence-corrected chi connectivity index (χ3v) is 11.3. The van der Waals surface area contributed by atoms with Crippen LogP contribution in [0.1, 0.15) is 48.8 Å². The van der Waals surface area contributed by atoms with Crippen LogP contribution in [0.2, 0.25) is 0 Å². The minimum absolute atomic E-state index is 0.0153. The molecule has 10 heteroatoms. The Balaban J connectivity index is 1.38. The number of sulfonamides is 1. The fourth-order valence-corrected chi connectivity index (χ4v) is 7.97. The number of carbonyl (C=O) groups excluding carboxylic acids is 2. The van der Waals surface area contributed by atoms with E-state index in [1.165, 1.54) is 29.2 Å². The van der Waals surface area contributed by atoms with E-state index < -0.39 is 34.3 Å². The van der Waals surface area contributed by atoms with Crippen molar-refractivity contribution in [2.75, 3.05) is 10.8 Å². The number of aryl methyl sites for hydroxylation is 1. The van der Waals surface area contributed by atoms with E-state index in [0.717, 1.165) is 47.5 Å². The average molecular weight is 734 g/mol. The number of ether oxygens (including phenoxy) is 1. The monoisotopic (exact) mass is 733 g/mol. The van der Waals surface area contributed by atoms with Gasteiger partial charge in [0.05, 0.1) is 10.6 Å². The quantitative estimate of drug-likeness (QED) is 0.124. The van der Waals surface area contributed by atoms with Crippen molar-refractivity contribution < 1.29 is 27.1 Å². The molecule has 274 valence electrons. The van der Waals surface area contributed by atoms with Crippen LogP contribution in [-0.2, 0) is 32.6 Å². The van der Waals surface area contributed by atoms with Gasteiger partial charge in [-0.3, -0.25) is 13.9 Å². The molecule has 0 radical (unpaired) electrons. The first-order valence-corrected chi connectivity index (χ1v) is 19.4. The molecular formula is C43H44FN3O5S. The maximum absolute atomic E-state index is 14.8. The summed E-state index contributed by atoms with van der Waals surface area (Å²) in [5.74, 6) is -0.232. The summed E-state index contributed by atoms with van der Waals surface area (Å²) in [6.45, 7) is 1.22. The number of hydrogen-bond donors (Lipinski definition) is 1. The Labute approximate surface area is 311 Å². The highest BCUT2D eigenvalue weighted by atomic mass is 32.2. The molecule has 1 unspecified atom stereocenters. The van der Waals surface area contributed by atoms with Crippen molar-refractivity contribution in [1.82, 2.24) is 10.2 Å². The highest BCUT2D eigenvalue weighted by Gasteiger charge is 2.35. The summed E-state index contributed by atoms with van der Waals surface area (Å²) >= 11 is 0. The first-order chi connectivity index (χ1) is 25.7. The standard InChI is InChI=1S/C43H44FN3O5S/c1-32-17-27-40(28-18-32)53(50,51)47(37-23-25-39(26-24-37)52-38-15-9-4-10-16-38)31-42(48)46(30-34-19-21-35(44)22-20-34)41(29-33-11-5-2-6-12-33)43(49)45-36-13-7-3-8-14-36/h2,4-6,9-12,15-28,36,41H,3,7-8,13-14,29-31H2,1H3,(H,45,49). The van der Waals surface area contributed by atoms with E-state index in [1.54, 1.807) is 48.5 Å². The SMILES string of the molecule is Cc1ccc(S(=O)(=O)N(CC(=O)N(Cc2ccc(F)cc2)C(Cc2ccccc2)C(=O)NC2CCCCC2)c2ccc(Oc3ccccc3)cc2)cc1. The third kappa shape index (κ3) is 9.90. The van der Waals surface area contributed by atoms with Crippen LogP contribution in [0, 0.1) is 12.7 Å². The Bertz CT molecular complexity index is 2060. The second kappa shape index (κ2) is 17.4. The smallest absolute Gasteiger partial charge is 0.264 e. The zero-order valence-electron chi connectivity index (χ0n) is 29.7. The topological polar surface area (TPSA) is 96.0 Å². The maximum Gasteiger partial charge on any atom is 0.264 e. The van der Waals surface area contributed by atoms with Crippen molar-refractivity contribution in [3.8, 4) is 11.5 Å². The van der Waals surface area contributed by atoms with E-state index in [9.17, 15) is 22.4 Å². The largest absolute Gasteiger partial charge is 0.457 e. The number of rotatable bonds is 14. The second-order valence-corrected chi connectivity index (χ2v) is 15.3. The van der Waals surface area contributed by atoms with Crippen molar-refractivity contribution in [2.45, 2.75) is 69.0 Å². The lowest BCUT2D eigenvalue weighted by atomic mass is 9.94. The number of nitrogens with one attached hydrogen (secondary N) is 1. The van der Waals surface area contributed by atoms with Gasteiger partial charge in [-0.25, -0.2) is 12.8 Å². The van der Waals surface area contributed by atoms with Crippen LogP contribution in [0.4, 0.5) is 10.1 Å². The van der Waals surface area contributed by atoms with E-state index in [2.05, 4.69) is 5.32 Å². The number of hydrogen-bond acceptors (Lipinski definition) is 5. The van der Waals surface area contributed by atoms with Crippen molar-refractivity contribution in [1.29, 1.82) is 0 Å². The number of para-hydroxylation sites is 1. The molecule has 0 bridgehead atoms. The predicted octanol–water partition coefficient (Wildman–Crippen LogP) is 8.21. The van der Waals surface area contributed by atoms with Gasteiger partial charge < -0.3 is 15.0 Å². The number of benzene rings is 5. The Morgan fingerprint density at radius 1 is 0.755 bits per heavy atom. The van der Waals surface area contributed by atoms with Crippen LogP contribution in [0.5, 0.6) is 11.5 Å². The van der Waals surface area contributed by atoms with E-state index >= 15 is 0 Å². The number of halogens is 1. The molecule has 0 aliphatic heterocycles. The molecule has 0 spiro atoms. The van der Waals surface area contributed by atoms with Crippen LogP contribution < -0.4 is 14.4 Å². The van der Waals surface area contributed by atoms with Gasteiger partial charge in [0.1, 0.15) is 29.9 Å². The summed E-state index contributed by atoms with van der Waals surface area (Å²) in [5, 5.41) is 3.20. The summed E-state index contributed by atoms with van der Waals surface area (Å²) in [5.41, 5.74) is 2.56. The predicted molar refractivity (Wildman–Crippen MR) is 205 cm³/mol. The Kier molecular flexibility index (Phi) is 12.2. The fraction of sp³-hybridized carbons (Fsp3) is 0.256. The van der Waals surface area contributed by atoms with Gasteiger partial charge in [-0.05, 0) is 91.6 Å². The minimum atomic E-state index is -4.28. The van der Waals surface area contributed by atoms with Gasteiger partial charge in [0.2, 0.25) is 11.8 Å². The van der Waals surface area contributed by atoms with Crippen LogP contribution in [0.3, 0.4) is 0 Å². The second-order valence-electron chi connectivity index (χ2n) is 13.4. The Hall–Kier alpha value is -5.48. The maximum atomic E-state index is 14.8. The number of amides is 2. The summed E-state index contributed by atoms with van der Waals surface area (Å²) in [7, 11) is -4.28. The molecule has 0 aromatic heterocycles. The Morgan fingerprint density at radius 3 is 2.00 bits per heavy atom. The van der Waals surface area contributed by atoms with E-state index in [-0.39, 0.29) is 35.5 Å². The average Bonchev–Trinajstić information content (AvgIpc) is 3.17. The molecule has 1 aliphatic rings. The zero-order chi connectivity index (χ0) is 37.2. The van der Waals surface area contributed by atoms with Crippen LogP contribution in [0.25, 0.3) is 0 Å².